The number of carbonyl (C=O) groups is 1. The smallest absolute Gasteiger partial charge is 0.409 e. The van der Waals surface area contributed by atoms with Gasteiger partial charge in [0.15, 0.2) is 0 Å². The van der Waals surface area contributed by atoms with Crippen molar-refractivity contribution >= 4 is 64.4 Å². The predicted molar refractivity (Wildman–Crippen MR) is 231 cm³/mol. The van der Waals surface area contributed by atoms with Crippen LogP contribution in [-0.4, -0.2) is 64.2 Å². The molecule has 294 valence electrons. The van der Waals surface area contributed by atoms with Gasteiger partial charge in [0.1, 0.15) is 6.61 Å². The molecule has 0 bridgehead atoms. The van der Waals surface area contributed by atoms with Gasteiger partial charge in [-0.3, -0.25) is 10.2 Å². The highest BCUT2D eigenvalue weighted by Gasteiger charge is 2.31. The van der Waals surface area contributed by atoms with Crippen molar-refractivity contribution in [3.05, 3.63) is 137 Å². The first-order valence-corrected chi connectivity index (χ1v) is 21.7. The fourth-order valence-corrected chi connectivity index (χ4v) is 10.3. The number of hydrogen-bond donors (Lipinski definition) is 3. The van der Waals surface area contributed by atoms with E-state index in [4.69, 9.17) is 27.9 Å². The predicted octanol–water partition coefficient (Wildman–Crippen LogP) is 10.8. The molecule has 13 heteroatoms. The molecule has 4 aromatic heterocycles. The van der Waals surface area contributed by atoms with Crippen LogP contribution >= 0.6 is 58.3 Å². The van der Waals surface area contributed by atoms with Crippen molar-refractivity contribution in [1.82, 2.24) is 30.6 Å². The largest absolute Gasteiger partial charge is 0.448 e. The number of piperidine rings is 2. The molecule has 56 heavy (non-hydrogen) atoms. The number of amides is 1. The lowest BCUT2D eigenvalue weighted by molar-refractivity contribution is 0.0902. The molecule has 2 fully saturated rings. The lowest BCUT2D eigenvalue weighted by Crippen LogP contribution is -2.38. The van der Waals surface area contributed by atoms with Crippen molar-refractivity contribution in [3.8, 4) is 11.1 Å². The van der Waals surface area contributed by atoms with Gasteiger partial charge in [0, 0.05) is 52.0 Å². The number of H-pyrrole nitrogens is 2. The lowest BCUT2D eigenvalue weighted by atomic mass is 9.93. The monoisotopic (exact) mass is 848 g/mol. The zero-order valence-corrected chi connectivity index (χ0v) is 35.1. The Hall–Kier alpha value is -3.64. The maximum absolute atomic E-state index is 12.9. The van der Waals surface area contributed by atoms with Crippen molar-refractivity contribution < 1.29 is 9.53 Å². The second-order valence-corrected chi connectivity index (χ2v) is 18.2. The number of hydrogen-bond acceptors (Lipinski definition) is 7. The summed E-state index contributed by atoms with van der Waals surface area (Å²) in [4.78, 5) is 17.4. The minimum absolute atomic E-state index is 0. The van der Waals surface area contributed by atoms with Crippen LogP contribution in [0.2, 0.25) is 8.67 Å². The molecular weight excluding hydrogens is 803 g/mol. The Morgan fingerprint density at radius 1 is 0.696 bits per heavy atom. The molecule has 2 aromatic carbocycles. The zero-order chi connectivity index (χ0) is 37.6. The number of rotatable bonds is 10. The molecule has 8 nitrogen and oxygen atoms in total. The first-order chi connectivity index (χ1) is 27.0. The van der Waals surface area contributed by atoms with Crippen LogP contribution in [0.5, 0.6) is 0 Å². The summed E-state index contributed by atoms with van der Waals surface area (Å²) in [6, 6.07) is 29.4. The summed E-state index contributed by atoms with van der Waals surface area (Å²) >= 11 is 15.3. The summed E-state index contributed by atoms with van der Waals surface area (Å²) in [6.07, 6.45) is 7.90. The van der Waals surface area contributed by atoms with Crippen molar-refractivity contribution in [2.75, 3.05) is 32.8 Å². The lowest BCUT2D eigenvalue weighted by Gasteiger charge is -2.31. The van der Waals surface area contributed by atoms with Crippen molar-refractivity contribution in [1.29, 1.82) is 0 Å². The Bertz CT molecular complexity index is 2140. The molecule has 2 saturated heterocycles. The first-order valence-electron chi connectivity index (χ1n) is 19.3. The van der Waals surface area contributed by atoms with Crippen LogP contribution < -0.4 is 5.32 Å². The zero-order valence-electron chi connectivity index (χ0n) is 31.1. The summed E-state index contributed by atoms with van der Waals surface area (Å²) in [5.41, 5.74) is 9.68. The molecule has 0 radical (unpaired) electrons. The average Bonchev–Trinajstić information content (AvgIpc) is 4.08. The number of aromatic nitrogens is 4. The van der Waals surface area contributed by atoms with E-state index in [1.807, 2.05) is 17.0 Å². The van der Waals surface area contributed by atoms with Gasteiger partial charge in [-0.25, -0.2) is 4.79 Å². The highest BCUT2D eigenvalue weighted by atomic mass is 35.5. The highest BCUT2D eigenvalue weighted by Crippen LogP contribution is 2.44. The molecular formula is C43H47Cl3N6O2S2. The molecule has 9 rings (SSSR count). The van der Waals surface area contributed by atoms with Crippen molar-refractivity contribution in [3.63, 3.8) is 0 Å². The van der Waals surface area contributed by atoms with Crippen molar-refractivity contribution in [2.24, 2.45) is 0 Å². The third-order valence-electron chi connectivity index (χ3n) is 11.1. The first kappa shape index (κ1) is 40.6. The number of likely N-dealkylation sites (tertiary alicyclic amines) is 1. The maximum Gasteiger partial charge on any atom is 0.409 e. The quantitative estimate of drug-likeness (QED) is 0.128. The molecule has 3 aliphatic rings. The molecule has 1 aliphatic carbocycles. The van der Waals surface area contributed by atoms with Crippen LogP contribution in [0.1, 0.15) is 87.1 Å². The molecule has 0 atom stereocenters. The average molecular weight is 850 g/mol. The summed E-state index contributed by atoms with van der Waals surface area (Å²) < 4.78 is 7.56. The standard InChI is InChI=1S/C29H28ClN3O2S.C14H18ClN3S.ClH/c30-28-12-11-21(36-28)10-9-20-17-27(32-31-20)19-13-15-33(16-14-19)29(34)35-18-26-24-7-3-1-5-22(24)23-6-2-4-8-25(23)26;15-14-4-3-12(19-14)2-1-11-9-13(18-17-11)10-5-7-16-8-6-10;/h1-8,11-12,17,19,26H,9-10,13-16,18H2,(H,31,32);3-4,9-10,16H,1-2,5-8H2,(H,17,18);1H. The van der Waals surface area contributed by atoms with Crippen LogP contribution in [0.15, 0.2) is 84.9 Å². The molecule has 3 N–H and O–H groups in total. The summed E-state index contributed by atoms with van der Waals surface area (Å²) in [5, 5.41) is 18.8. The highest BCUT2D eigenvalue weighted by molar-refractivity contribution is 7.16. The number of thiophene rings is 2. The van der Waals surface area contributed by atoms with E-state index in [0.29, 0.717) is 31.5 Å². The Morgan fingerprint density at radius 3 is 1.70 bits per heavy atom. The number of fused-ring (bicyclic) bond motifs is 3. The van der Waals surface area contributed by atoms with Crippen LogP contribution in [0.3, 0.4) is 0 Å². The molecule has 6 aromatic rings. The van der Waals surface area contributed by atoms with Crippen LogP contribution in [0.25, 0.3) is 11.1 Å². The second kappa shape index (κ2) is 19.2. The van der Waals surface area contributed by atoms with Gasteiger partial charge in [-0.05, 0) is 123 Å². The van der Waals surface area contributed by atoms with Gasteiger partial charge in [0.25, 0.3) is 0 Å². The molecule has 6 heterocycles. The molecule has 1 amide bonds. The Labute approximate surface area is 352 Å². The number of halogens is 3. The van der Waals surface area contributed by atoms with Crippen molar-refractivity contribution in [2.45, 2.75) is 69.1 Å². The van der Waals surface area contributed by atoms with E-state index in [0.717, 1.165) is 71.7 Å². The van der Waals surface area contributed by atoms with Gasteiger partial charge in [-0.1, -0.05) is 71.7 Å². The van der Waals surface area contributed by atoms with E-state index < -0.39 is 0 Å². The summed E-state index contributed by atoms with van der Waals surface area (Å²) in [6.45, 7) is 3.97. The fourth-order valence-electron chi connectivity index (χ4n) is 8.08. The Balaban J connectivity index is 0.000000203. The van der Waals surface area contributed by atoms with Gasteiger partial charge < -0.3 is 15.0 Å². The number of ether oxygens (including phenoxy) is 1. The molecule has 0 saturated carbocycles. The number of nitrogens with zero attached hydrogens (tertiary/aromatic N) is 3. The van der Waals surface area contributed by atoms with Crippen LogP contribution in [0.4, 0.5) is 4.79 Å². The third-order valence-corrected chi connectivity index (χ3v) is 13.7. The minimum Gasteiger partial charge on any atom is -0.448 e. The van der Waals surface area contributed by atoms with E-state index in [-0.39, 0.29) is 24.4 Å². The van der Waals surface area contributed by atoms with Crippen LogP contribution in [-0.2, 0) is 30.4 Å². The maximum atomic E-state index is 12.9. The number of nitrogens with one attached hydrogen (secondary N) is 3. The number of aryl methyl sites for hydroxylation is 4. The second-order valence-electron chi connectivity index (χ2n) is 14.6. The fraction of sp³-hybridized carbons (Fsp3) is 0.372. The van der Waals surface area contributed by atoms with Gasteiger partial charge >= 0.3 is 6.09 Å². The molecule has 0 unspecified atom stereocenters. The van der Waals surface area contributed by atoms with E-state index in [1.54, 1.807) is 22.7 Å². The Morgan fingerprint density at radius 2 is 1.20 bits per heavy atom. The topological polar surface area (TPSA) is 98.9 Å². The SMILES string of the molecule is Cl.Clc1ccc(CCc2cc(C3CCNCC3)n[nH]2)s1.O=C(OCC1c2ccccc2-c2ccccc21)N1CCC(c2cc(CCc3ccc(Cl)s3)[nH]n2)CC1. The minimum atomic E-state index is -0.215. The van der Waals surface area contributed by atoms with Gasteiger partial charge in [0.2, 0.25) is 0 Å². The summed E-state index contributed by atoms with van der Waals surface area (Å²) in [7, 11) is 0. The van der Waals surface area contributed by atoms with E-state index in [2.05, 4.69) is 98.5 Å². The van der Waals surface area contributed by atoms with Gasteiger partial charge in [-0.15, -0.1) is 35.1 Å². The normalized spacial score (nSPS) is 15.8. The van der Waals surface area contributed by atoms with E-state index in [9.17, 15) is 4.79 Å². The third kappa shape index (κ3) is 9.89. The van der Waals surface area contributed by atoms with Gasteiger partial charge in [-0.2, -0.15) is 10.2 Å². The number of benzene rings is 2. The van der Waals surface area contributed by atoms with Gasteiger partial charge in [0.05, 0.1) is 20.1 Å². The summed E-state index contributed by atoms with van der Waals surface area (Å²) in [5.74, 6) is 1.08. The molecule has 2 aliphatic heterocycles. The number of carbonyl (C=O) groups excluding carboxylic acids is 1. The van der Waals surface area contributed by atoms with E-state index in [1.165, 1.54) is 56.2 Å². The number of aromatic amines is 2. The van der Waals surface area contributed by atoms with E-state index >= 15 is 0 Å². The Kier molecular flexibility index (Phi) is 13.9. The molecule has 0 spiro atoms. The van der Waals surface area contributed by atoms with Crippen LogP contribution in [0, 0.1) is 0 Å².